The highest BCUT2D eigenvalue weighted by atomic mass is 19.4. The molecule has 1 heterocycles. The lowest BCUT2D eigenvalue weighted by atomic mass is 9.98. The van der Waals surface area contributed by atoms with Crippen LogP contribution >= 0.6 is 0 Å². The van der Waals surface area contributed by atoms with Crippen molar-refractivity contribution in [3.63, 3.8) is 0 Å². The zero-order valence-corrected chi connectivity index (χ0v) is 22.7. The second-order valence-electron chi connectivity index (χ2n) is 9.50. The van der Waals surface area contributed by atoms with E-state index in [1.165, 1.54) is 11.0 Å². The molecule has 3 aromatic carbocycles. The van der Waals surface area contributed by atoms with Gasteiger partial charge in [0.15, 0.2) is 0 Å². The number of aldehydes is 2. The van der Waals surface area contributed by atoms with E-state index < -0.39 is 30.2 Å². The lowest BCUT2D eigenvalue weighted by Crippen LogP contribution is -2.55. The summed E-state index contributed by atoms with van der Waals surface area (Å²) < 4.78 is 70.9. The first-order valence-electron chi connectivity index (χ1n) is 12.8. The Balaban J connectivity index is 0.000000765. The van der Waals surface area contributed by atoms with E-state index in [1.54, 1.807) is 43.4 Å². The average molecular weight is 605 g/mol. The Hall–Kier alpha value is -4.70. The molecule has 1 aliphatic rings. The van der Waals surface area contributed by atoms with Crippen LogP contribution in [0.1, 0.15) is 27.0 Å². The van der Waals surface area contributed by atoms with E-state index in [4.69, 9.17) is 10.1 Å². The zero-order valence-electron chi connectivity index (χ0n) is 22.7. The zero-order chi connectivity index (χ0) is 31.8. The van der Waals surface area contributed by atoms with Crippen LogP contribution in [-0.4, -0.2) is 67.2 Å². The molecule has 0 saturated carbocycles. The molecule has 43 heavy (non-hydrogen) atoms. The standard InChI is InChI=1S/C28H25F3N4O2.C2HF3O/c1-33-26-9-8-22(21-6-3-7-23(13-21)28(29,30)31)14-25(26)27(37)35-11-10-34(17-24(35)18-36)16-20-5-2-4-19(12-20)15-32;3-2(4,5)1-6/h2-9,12-14,18,24,33H,10-11,16-17H2,1H3;1H. The molecule has 1 fully saturated rings. The molecule has 4 rings (SSSR count). The van der Waals surface area contributed by atoms with E-state index >= 15 is 0 Å². The van der Waals surface area contributed by atoms with Crippen LogP contribution in [0.2, 0.25) is 0 Å². The van der Waals surface area contributed by atoms with E-state index in [1.807, 2.05) is 12.1 Å². The van der Waals surface area contributed by atoms with Crippen molar-refractivity contribution >= 4 is 24.2 Å². The fourth-order valence-corrected chi connectivity index (χ4v) is 4.53. The van der Waals surface area contributed by atoms with Gasteiger partial charge in [0.2, 0.25) is 6.29 Å². The molecule has 1 saturated heterocycles. The number of nitriles is 1. The van der Waals surface area contributed by atoms with Crippen LogP contribution in [0.3, 0.4) is 0 Å². The molecule has 0 radical (unpaired) electrons. The quantitative estimate of drug-likeness (QED) is 0.293. The minimum atomic E-state index is -4.64. The third-order valence-corrected chi connectivity index (χ3v) is 6.56. The Kier molecular flexibility index (Phi) is 10.7. The number of hydrogen-bond acceptors (Lipinski definition) is 6. The summed E-state index contributed by atoms with van der Waals surface area (Å²) in [4.78, 5) is 37.8. The molecular weight excluding hydrogens is 578 g/mol. The fourth-order valence-electron chi connectivity index (χ4n) is 4.53. The Morgan fingerprint density at radius 1 is 0.977 bits per heavy atom. The molecule has 0 spiro atoms. The number of amides is 1. The van der Waals surface area contributed by atoms with Gasteiger partial charge >= 0.3 is 12.4 Å². The predicted molar refractivity (Wildman–Crippen MR) is 146 cm³/mol. The summed E-state index contributed by atoms with van der Waals surface area (Å²) in [5, 5.41) is 12.1. The number of rotatable bonds is 6. The topological polar surface area (TPSA) is 93.5 Å². The molecule has 0 bridgehead atoms. The minimum Gasteiger partial charge on any atom is -0.387 e. The van der Waals surface area contributed by atoms with Crippen molar-refractivity contribution in [2.45, 2.75) is 24.9 Å². The Labute approximate surface area is 243 Å². The van der Waals surface area contributed by atoms with E-state index in [9.17, 15) is 35.9 Å². The predicted octanol–water partition coefficient (Wildman–Crippen LogP) is 5.56. The fraction of sp³-hybridized carbons (Fsp3) is 0.267. The van der Waals surface area contributed by atoms with Crippen molar-refractivity contribution in [2.24, 2.45) is 0 Å². The molecule has 1 aliphatic heterocycles. The van der Waals surface area contributed by atoms with Crippen LogP contribution < -0.4 is 5.32 Å². The van der Waals surface area contributed by atoms with E-state index in [-0.39, 0.29) is 11.5 Å². The maximum absolute atomic E-state index is 13.6. The first-order chi connectivity index (χ1) is 20.3. The average Bonchev–Trinajstić information content (AvgIpc) is 3.00. The smallest absolute Gasteiger partial charge is 0.387 e. The maximum Gasteiger partial charge on any atom is 0.446 e. The molecule has 0 aliphatic carbocycles. The van der Waals surface area contributed by atoms with Gasteiger partial charge < -0.3 is 15.0 Å². The second-order valence-corrected chi connectivity index (χ2v) is 9.50. The van der Waals surface area contributed by atoms with Gasteiger partial charge in [-0.05, 0) is 53.1 Å². The highest BCUT2D eigenvalue weighted by molar-refractivity contribution is 6.02. The molecular formula is C30H26F6N4O3. The third kappa shape index (κ3) is 8.89. The molecule has 1 unspecified atom stereocenters. The monoisotopic (exact) mass is 604 g/mol. The number of alkyl halides is 6. The minimum absolute atomic E-state index is 0.277. The van der Waals surface area contributed by atoms with Gasteiger partial charge in [-0.25, -0.2) is 0 Å². The lowest BCUT2D eigenvalue weighted by molar-refractivity contribution is -0.156. The number of carbonyl (C=O) groups excluding carboxylic acids is 3. The summed E-state index contributed by atoms with van der Waals surface area (Å²) in [5.74, 6) is -0.374. The van der Waals surface area contributed by atoms with Crippen LogP contribution in [0, 0.1) is 11.3 Å². The number of benzene rings is 3. The van der Waals surface area contributed by atoms with Gasteiger partial charge in [0.25, 0.3) is 5.91 Å². The molecule has 1 amide bonds. The number of nitrogens with one attached hydrogen (secondary N) is 1. The Morgan fingerprint density at radius 3 is 2.26 bits per heavy atom. The summed E-state index contributed by atoms with van der Waals surface area (Å²) in [6, 6.07) is 18.5. The Morgan fingerprint density at radius 2 is 1.65 bits per heavy atom. The van der Waals surface area contributed by atoms with Crippen molar-refractivity contribution in [3.05, 3.63) is 89.0 Å². The lowest BCUT2D eigenvalue weighted by Gasteiger charge is -2.39. The molecule has 3 aromatic rings. The van der Waals surface area contributed by atoms with Crippen LogP contribution in [0.15, 0.2) is 66.7 Å². The van der Waals surface area contributed by atoms with E-state index in [2.05, 4.69) is 16.3 Å². The third-order valence-electron chi connectivity index (χ3n) is 6.56. The highest BCUT2D eigenvalue weighted by Gasteiger charge is 2.33. The summed E-state index contributed by atoms with van der Waals surface area (Å²) in [6.45, 7) is 1.69. The van der Waals surface area contributed by atoms with Gasteiger partial charge in [0.1, 0.15) is 12.3 Å². The van der Waals surface area contributed by atoms with E-state index in [0.29, 0.717) is 48.6 Å². The van der Waals surface area contributed by atoms with Gasteiger partial charge in [-0.15, -0.1) is 0 Å². The number of anilines is 1. The number of hydrogen-bond donors (Lipinski definition) is 1. The second kappa shape index (κ2) is 14.0. The molecule has 0 aromatic heterocycles. The van der Waals surface area contributed by atoms with E-state index in [0.717, 1.165) is 24.0 Å². The molecule has 1 atom stereocenters. The largest absolute Gasteiger partial charge is 0.446 e. The van der Waals surface area contributed by atoms with Crippen molar-refractivity contribution in [3.8, 4) is 17.2 Å². The van der Waals surface area contributed by atoms with Gasteiger partial charge in [0, 0.05) is 38.9 Å². The van der Waals surface area contributed by atoms with Gasteiger partial charge in [-0.3, -0.25) is 14.5 Å². The number of halogens is 6. The van der Waals surface area contributed by atoms with Crippen LogP contribution in [0.4, 0.5) is 32.0 Å². The molecule has 226 valence electrons. The van der Waals surface area contributed by atoms with Gasteiger partial charge in [-0.1, -0.05) is 30.3 Å². The molecule has 7 nitrogen and oxygen atoms in total. The van der Waals surface area contributed by atoms with Crippen molar-refractivity contribution in [2.75, 3.05) is 32.0 Å². The van der Waals surface area contributed by atoms with Crippen molar-refractivity contribution in [1.29, 1.82) is 5.26 Å². The summed E-state index contributed by atoms with van der Waals surface area (Å²) in [5.41, 5.74) is 2.32. The summed E-state index contributed by atoms with van der Waals surface area (Å²) in [6.07, 6.45) is -9.44. The van der Waals surface area contributed by atoms with Crippen molar-refractivity contribution < 1.29 is 40.7 Å². The molecule has 13 heteroatoms. The number of carbonyl (C=O) groups is 3. The molecule has 1 N–H and O–H groups in total. The first-order valence-corrected chi connectivity index (χ1v) is 12.8. The summed E-state index contributed by atoms with van der Waals surface area (Å²) in [7, 11) is 1.65. The SMILES string of the molecule is CNc1ccc(-c2cccc(C(F)(F)F)c2)cc1C(=O)N1CCN(Cc2cccc(C#N)c2)CC1C=O.O=CC(F)(F)F. The highest BCUT2D eigenvalue weighted by Crippen LogP contribution is 2.33. The first kappa shape index (κ1) is 32.8. The number of piperazine rings is 1. The van der Waals surface area contributed by atoms with Gasteiger partial charge in [0.05, 0.1) is 22.8 Å². The summed E-state index contributed by atoms with van der Waals surface area (Å²) >= 11 is 0. The normalized spacial score (nSPS) is 15.5. The van der Waals surface area contributed by atoms with Gasteiger partial charge in [-0.2, -0.15) is 31.6 Å². The van der Waals surface area contributed by atoms with Crippen LogP contribution in [0.5, 0.6) is 0 Å². The number of nitrogens with zero attached hydrogens (tertiary/aromatic N) is 3. The Bertz CT molecular complexity index is 1500. The van der Waals surface area contributed by atoms with Crippen LogP contribution in [0.25, 0.3) is 11.1 Å². The van der Waals surface area contributed by atoms with Crippen molar-refractivity contribution in [1.82, 2.24) is 9.80 Å². The maximum atomic E-state index is 13.6. The van der Waals surface area contributed by atoms with Crippen LogP contribution in [-0.2, 0) is 22.3 Å².